The molecule has 1 heteroatoms. The first kappa shape index (κ1) is 12.1. The Morgan fingerprint density at radius 1 is 1.00 bits per heavy atom. The lowest BCUT2D eigenvalue weighted by Gasteiger charge is -2.44. The second-order valence-corrected chi connectivity index (χ2v) is 4.90. The summed E-state index contributed by atoms with van der Waals surface area (Å²) in [7, 11) is 2.43. The molecule has 0 aromatic rings. The second-order valence-electron chi connectivity index (χ2n) is 4.90. The van der Waals surface area contributed by atoms with Crippen LogP contribution < -0.4 is 0 Å². The highest BCUT2D eigenvalue weighted by atomic mass is 14.4. The van der Waals surface area contributed by atoms with E-state index < -0.39 is 0 Å². The van der Waals surface area contributed by atoms with Crippen molar-refractivity contribution in [3.63, 3.8) is 0 Å². The highest BCUT2D eigenvalue weighted by Crippen LogP contribution is 2.51. The zero-order valence-electron chi connectivity index (χ0n) is 9.83. The number of hydrogen-bond donors (Lipinski definition) is 0. The molecular formula is C11H25B. The minimum atomic E-state index is 0.505. The van der Waals surface area contributed by atoms with Gasteiger partial charge in [-0.2, -0.15) is 0 Å². The fourth-order valence-electron chi connectivity index (χ4n) is 2.13. The van der Waals surface area contributed by atoms with E-state index in [4.69, 9.17) is 0 Å². The lowest BCUT2D eigenvalue weighted by molar-refractivity contribution is 0.199. The molecule has 0 radical (unpaired) electrons. The van der Waals surface area contributed by atoms with Gasteiger partial charge in [-0.15, -0.1) is 0 Å². The molecule has 0 amide bonds. The fraction of sp³-hybridized carbons (Fsp3) is 1.00. The second kappa shape index (κ2) is 4.34. The van der Waals surface area contributed by atoms with Gasteiger partial charge in [0.2, 0.25) is 0 Å². The molecule has 0 aliphatic rings. The maximum absolute atomic E-state index is 2.43. The van der Waals surface area contributed by atoms with E-state index in [9.17, 15) is 0 Å². The van der Waals surface area contributed by atoms with Gasteiger partial charge in [0.25, 0.3) is 0 Å². The van der Waals surface area contributed by atoms with Crippen molar-refractivity contribution >= 4 is 7.85 Å². The molecular weight excluding hydrogens is 143 g/mol. The summed E-state index contributed by atoms with van der Waals surface area (Å²) in [5.41, 5.74) is 0.505. The predicted octanol–water partition coefficient (Wildman–Crippen LogP) is 3.42. The lowest BCUT2D eigenvalue weighted by Crippen LogP contribution is -2.30. The molecule has 0 spiro atoms. The van der Waals surface area contributed by atoms with Crippen LogP contribution in [0.1, 0.15) is 60.3 Å². The van der Waals surface area contributed by atoms with E-state index in [-0.39, 0.29) is 0 Å². The highest BCUT2D eigenvalue weighted by molar-refractivity contribution is 6.15. The largest absolute Gasteiger partial charge is 0.110 e. The quantitative estimate of drug-likeness (QED) is 0.551. The molecule has 0 nitrogen and oxygen atoms in total. The smallest absolute Gasteiger partial charge is 0.0655 e. The summed E-state index contributed by atoms with van der Waals surface area (Å²) in [6.45, 7) is 11.8. The van der Waals surface area contributed by atoms with Gasteiger partial charge < -0.3 is 0 Å². The third-order valence-corrected chi connectivity index (χ3v) is 4.07. The number of hydrogen-bond acceptors (Lipinski definition) is 0. The molecule has 0 heterocycles. The van der Waals surface area contributed by atoms with E-state index in [1.165, 1.54) is 25.7 Å². The van der Waals surface area contributed by atoms with Crippen molar-refractivity contribution in [3.05, 3.63) is 0 Å². The van der Waals surface area contributed by atoms with Crippen LogP contribution in [0.25, 0.3) is 0 Å². The summed E-state index contributed by atoms with van der Waals surface area (Å²) in [5.74, 6) is 0. The van der Waals surface area contributed by atoms with E-state index in [1.807, 2.05) is 0 Å². The van der Waals surface area contributed by atoms with E-state index >= 15 is 0 Å². The van der Waals surface area contributed by atoms with Crippen LogP contribution in [0.15, 0.2) is 0 Å². The van der Waals surface area contributed by atoms with Gasteiger partial charge in [0.1, 0.15) is 7.85 Å². The molecule has 0 saturated carbocycles. The Morgan fingerprint density at radius 3 is 1.67 bits per heavy atom. The Balaban J connectivity index is 4.46. The van der Waals surface area contributed by atoms with E-state index in [0.29, 0.717) is 10.7 Å². The van der Waals surface area contributed by atoms with Gasteiger partial charge in [0, 0.05) is 0 Å². The van der Waals surface area contributed by atoms with Gasteiger partial charge in [0.05, 0.1) is 0 Å². The number of rotatable bonds is 5. The highest BCUT2D eigenvalue weighted by Gasteiger charge is 2.36. The van der Waals surface area contributed by atoms with Crippen LogP contribution in [-0.2, 0) is 0 Å². The van der Waals surface area contributed by atoms with Crippen LogP contribution >= 0.6 is 0 Å². The Hall–Kier alpha value is 0.0649. The monoisotopic (exact) mass is 168 g/mol. The Labute approximate surface area is 79.5 Å². The Morgan fingerprint density at radius 2 is 1.42 bits per heavy atom. The van der Waals surface area contributed by atoms with Crippen molar-refractivity contribution in [3.8, 4) is 0 Å². The summed E-state index contributed by atoms with van der Waals surface area (Å²) in [6, 6.07) is 0. The van der Waals surface area contributed by atoms with Gasteiger partial charge >= 0.3 is 0 Å². The summed E-state index contributed by atoms with van der Waals surface area (Å²) >= 11 is 0. The van der Waals surface area contributed by atoms with Crippen molar-refractivity contribution < 1.29 is 0 Å². The predicted molar refractivity (Wildman–Crippen MR) is 60.5 cm³/mol. The first-order valence-electron chi connectivity index (χ1n) is 5.43. The van der Waals surface area contributed by atoms with Gasteiger partial charge in [-0.3, -0.25) is 0 Å². The van der Waals surface area contributed by atoms with Crippen LogP contribution in [0.4, 0.5) is 0 Å². The van der Waals surface area contributed by atoms with Crippen molar-refractivity contribution in [1.29, 1.82) is 0 Å². The zero-order valence-corrected chi connectivity index (χ0v) is 9.83. The fourth-order valence-corrected chi connectivity index (χ4v) is 2.13. The molecule has 72 valence electrons. The van der Waals surface area contributed by atoms with Crippen molar-refractivity contribution in [2.75, 3.05) is 0 Å². The van der Waals surface area contributed by atoms with Crippen LogP contribution in [0.5, 0.6) is 0 Å². The summed E-state index contributed by atoms with van der Waals surface area (Å²) < 4.78 is 0. The topological polar surface area (TPSA) is 0 Å². The molecule has 0 unspecified atom stereocenters. The molecule has 0 saturated heterocycles. The minimum absolute atomic E-state index is 0.505. The first-order chi connectivity index (χ1) is 5.43. The van der Waals surface area contributed by atoms with Crippen molar-refractivity contribution in [2.45, 2.75) is 65.6 Å². The van der Waals surface area contributed by atoms with Gasteiger partial charge in [-0.1, -0.05) is 59.2 Å². The molecule has 0 aliphatic carbocycles. The molecule has 0 bridgehead atoms. The third-order valence-electron chi connectivity index (χ3n) is 4.07. The molecule has 0 atom stereocenters. The van der Waals surface area contributed by atoms with Crippen LogP contribution in [0.3, 0.4) is 0 Å². The molecule has 0 aliphatic heterocycles. The molecule has 0 aromatic carbocycles. The maximum atomic E-state index is 2.43. The SMILES string of the molecule is BC(CC)(CC)C(C)(C)CCC. The van der Waals surface area contributed by atoms with Gasteiger partial charge in [0.15, 0.2) is 0 Å². The zero-order chi connectivity index (χ0) is 9.83. The minimum Gasteiger partial charge on any atom is -0.0655 e. The summed E-state index contributed by atoms with van der Waals surface area (Å²) in [5, 5.41) is 0.531. The molecule has 0 aromatic heterocycles. The Bertz CT molecular complexity index is 123. The average Bonchev–Trinajstić information content (AvgIpc) is 2.02. The van der Waals surface area contributed by atoms with Crippen LogP contribution in [0.2, 0.25) is 5.31 Å². The standard InChI is InChI=1S/C11H25B/c1-6-9-10(4,5)11(12,7-2)8-3/h6-9,12H2,1-5H3. The van der Waals surface area contributed by atoms with E-state index in [1.54, 1.807) is 0 Å². The molecule has 0 N–H and O–H groups in total. The normalized spacial score (nSPS) is 13.4. The summed E-state index contributed by atoms with van der Waals surface area (Å²) in [6.07, 6.45) is 5.26. The Kier molecular flexibility index (Phi) is 4.37. The van der Waals surface area contributed by atoms with Gasteiger partial charge in [-0.25, -0.2) is 0 Å². The molecule has 0 rings (SSSR count). The average molecular weight is 168 g/mol. The van der Waals surface area contributed by atoms with E-state index in [2.05, 4.69) is 42.5 Å². The molecule has 12 heavy (non-hydrogen) atoms. The van der Waals surface area contributed by atoms with E-state index in [0.717, 1.165) is 0 Å². The third kappa shape index (κ3) is 2.28. The van der Waals surface area contributed by atoms with Crippen LogP contribution in [-0.4, -0.2) is 7.85 Å². The maximum Gasteiger partial charge on any atom is 0.110 e. The first-order valence-corrected chi connectivity index (χ1v) is 5.43. The van der Waals surface area contributed by atoms with Gasteiger partial charge in [-0.05, 0) is 11.8 Å². The van der Waals surface area contributed by atoms with Crippen LogP contribution in [0, 0.1) is 5.41 Å². The van der Waals surface area contributed by atoms with Crippen molar-refractivity contribution in [1.82, 2.24) is 0 Å². The summed E-state index contributed by atoms with van der Waals surface area (Å²) in [4.78, 5) is 0. The van der Waals surface area contributed by atoms with Crippen molar-refractivity contribution in [2.24, 2.45) is 5.41 Å². The molecule has 0 fully saturated rings. The lowest BCUT2D eigenvalue weighted by atomic mass is 9.50.